The van der Waals surface area contributed by atoms with E-state index >= 15 is 0 Å². The first kappa shape index (κ1) is 20.3. The molecule has 0 spiro atoms. The van der Waals surface area contributed by atoms with Gasteiger partial charge in [0.05, 0.1) is 18.2 Å². The van der Waals surface area contributed by atoms with Gasteiger partial charge in [0.15, 0.2) is 0 Å². The summed E-state index contributed by atoms with van der Waals surface area (Å²) in [7, 11) is 0. The summed E-state index contributed by atoms with van der Waals surface area (Å²) in [5.74, 6) is 1.38. The smallest absolute Gasteiger partial charge is 0.224 e. The standard InChI is InChI=1S/C23H34N4O2/c28-22(9-8-18-6-7-18)26-14-10-21(11-15-26)27-13-3-4-19(17-27)23(29)25-16-20-5-1-2-12-24-20/h1-2,5,12,18-19,21H,3-4,6-11,13-17H2,(H,25,29). The Labute approximate surface area is 174 Å². The van der Waals surface area contributed by atoms with Gasteiger partial charge in [0.1, 0.15) is 0 Å². The Kier molecular flexibility index (Phi) is 6.80. The maximum Gasteiger partial charge on any atom is 0.224 e. The van der Waals surface area contributed by atoms with Crippen molar-refractivity contribution in [3.8, 4) is 0 Å². The average molecular weight is 399 g/mol. The molecule has 6 heteroatoms. The van der Waals surface area contributed by atoms with Gasteiger partial charge in [0, 0.05) is 38.3 Å². The summed E-state index contributed by atoms with van der Waals surface area (Å²) in [6.07, 6.45) is 10.3. The molecule has 6 nitrogen and oxygen atoms in total. The topological polar surface area (TPSA) is 65.5 Å². The Balaban J connectivity index is 1.20. The van der Waals surface area contributed by atoms with Crippen molar-refractivity contribution in [1.29, 1.82) is 0 Å². The Morgan fingerprint density at radius 1 is 1.07 bits per heavy atom. The van der Waals surface area contributed by atoms with E-state index in [1.54, 1.807) is 6.20 Å². The number of aromatic nitrogens is 1. The number of rotatable bonds is 7. The van der Waals surface area contributed by atoms with Crippen LogP contribution in [0.3, 0.4) is 0 Å². The van der Waals surface area contributed by atoms with E-state index in [0.717, 1.165) is 76.3 Å². The van der Waals surface area contributed by atoms with Crippen molar-refractivity contribution in [2.45, 2.75) is 64.0 Å². The van der Waals surface area contributed by atoms with E-state index in [1.807, 2.05) is 18.2 Å². The molecule has 29 heavy (non-hydrogen) atoms. The molecule has 1 aliphatic carbocycles. The van der Waals surface area contributed by atoms with Gasteiger partial charge in [0.2, 0.25) is 11.8 Å². The largest absolute Gasteiger partial charge is 0.350 e. The number of nitrogens with one attached hydrogen (secondary N) is 1. The zero-order valence-corrected chi connectivity index (χ0v) is 17.4. The quantitative estimate of drug-likeness (QED) is 0.767. The Hall–Kier alpha value is -1.95. The van der Waals surface area contributed by atoms with Gasteiger partial charge < -0.3 is 10.2 Å². The fraction of sp³-hybridized carbons (Fsp3) is 0.696. The van der Waals surface area contributed by atoms with Crippen LogP contribution in [-0.2, 0) is 16.1 Å². The molecule has 2 aliphatic heterocycles. The van der Waals surface area contributed by atoms with Crippen molar-refractivity contribution < 1.29 is 9.59 Å². The zero-order chi connectivity index (χ0) is 20.1. The number of piperidine rings is 2. The maximum atomic E-state index is 12.7. The fourth-order valence-corrected chi connectivity index (χ4v) is 4.75. The number of amides is 2. The van der Waals surface area contributed by atoms with Crippen LogP contribution in [0, 0.1) is 11.8 Å². The molecule has 4 rings (SSSR count). The summed E-state index contributed by atoms with van der Waals surface area (Å²) in [4.78, 5) is 33.9. The van der Waals surface area contributed by atoms with Crippen LogP contribution in [0.5, 0.6) is 0 Å². The number of carbonyl (C=O) groups is 2. The number of pyridine rings is 1. The fourth-order valence-electron chi connectivity index (χ4n) is 4.75. The van der Waals surface area contributed by atoms with Crippen LogP contribution in [0.15, 0.2) is 24.4 Å². The Bertz CT molecular complexity index is 683. The molecule has 2 amide bonds. The molecule has 1 saturated carbocycles. The molecule has 0 aromatic carbocycles. The third-order valence-electron chi connectivity index (χ3n) is 6.79. The third kappa shape index (κ3) is 5.78. The Morgan fingerprint density at radius 3 is 2.62 bits per heavy atom. The third-order valence-corrected chi connectivity index (χ3v) is 6.79. The van der Waals surface area contributed by atoms with Crippen LogP contribution in [-0.4, -0.2) is 58.8 Å². The molecule has 1 atom stereocenters. The van der Waals surface area contributed by atoms with E-state index in [9.17, 15) is 9.59 Å². The molecule has 1 aromatic heterocycles. The van der Waals surface area contributed by atoms with Crippen LogP contribution < -0.4 is 5.32 Å². The van der Waals surface area contributed by atoms with Crippen LogP contribution >= 0.6 is 0 Å². The van der Waals surface area contributed by atoms with Gasteiger partial charge in [-0.2, -0.15) is 0 Å². The lowest BCUT2D eigenvalue weighted by atomic mass is 9.93. The average Bonchev–Trinajstić information content (AvgIpc) is 3.61. The first-order valence-electron chi connectivity index (χ1n) is 11.4. The number of hydrogen-bond acceptors (Lipinski definition) is 4. The van der Waals surface area contributed by atoms with Gasteiger partial charge in [-0.15, -0.1) is 0 Å². The van der Waals surface area contributed by atoms with Crippen LogP contribution in [0.1, 0.15) is 57.1 Å². The molecule has 3 aliphatic rings. The van der Waals surface area contributed by atoms with Crippen molar-refractivity contribution in [1.82, 2.24) is 20.1 Å². The number of carbonyl (C=O) groups excluding carboxylic acids is 2. The molecule has 1 unspecified atom stereocenters. The normalized spacial score (nSPS) is 23.7. The first-order valence-corrected chi connectivity index (χ1v) is 11.4. The highest BCUT2D eigenvalue weighted by Crippen LogP contribution is 2.34. The molecular weight excluding hydrogens is 364 g/mol. The first-order chi connectivity index (χ1) is 14.2. The SMILES string of the molecule is O=C(NCc1ccccn1)C1CCCN(C2CCN(C(=O)CCC3CC3)CC2)C1. The molecular formula is C23H34N4O2. The number of nitrogens with zero attached hydrogens (tertiary/aromatic N) is 3. The van der Waals surface area contributed by atoms with Crippen LogP contribution in [0.4, 0.5) is 0 Å². The van der Waals surface area contributed by atoms with Crippen molar-refractivity contribution in [2.24, 2.45) is 11.8 Å². The lowest BCUT2D eigenvalue weighted by Crippen LogP contribution is -2.51. The second-order valence-electron chi connectivity index (χ2n) is 8.97. The van der Waals surface area contributed by atoms with Gasteiger partial charge in [-0.3, -0.25) is 19.5 Å². The van der Waals surface area contributed by atoms with E-state index in [-0.39, 0.29) is 11.8 Å². The molecule has 3 heterocycles. The molecule has 2 saturated heterocycles. The van der Waals surface area contributed by atoms with Crippen molar-refractivity contribution >= 4 is 11.8 Å². The summed E-state index contributed by atoms with van der Waals surface area (Å²) in [5, 5.41) is 3.06. The Morgan fingerprint density at radius 2 is 1.90 bits per heavy atom. The highest BCUT2D eigenvalue weighted by Gasteiger charge is 2.32. The summed E-state index contributed by atoms with van der Waals surface area (Å²) < 4.78 is 0. The summed E-state index contributed by atoms with van der Waals surface area (Å²) in [6.45, 7) is 4.17. The minimum Gasteiger partial charge on any atom is -0.350 e. The van der Waals surface area contributed by atoms with Gasteiger partial charge in [-0.1, -0.05) is 18.9 Å². The van der Waals surface area contributed by atoms with Crippen LogP contribution in [0.2, 0.25) is 0 Å². The number of hydrogen-bond donors (Lipinski definition) is 1. The molecule has 1 aromatic rings. The molecule has 158 valence electrons. The van der Waals surface area contributed by atoms with E-state index in [1.165, 1.54) is 12.8 Å². The van der Waals surface area contributed by atoms with Gasteiger partial charge >= 0.3 is 0 Å². The lowest BCUT2D eigenvalue weighted by molar-refractivity contribution is -0.133. The van der Waals surface area contributed by atoms with Crippen molar-refractivity contribution in [3.63, 3.8) is 0 Å². The van der Waals surface area contributed by atoms with E-state index in [2.05, 4.69) is 20.1 Å². The minimum atomic E-state index is 0.0608. The van der Waals surface area contributed by atoms with E-state index < -0.39 is 0 Å². The molecule has 0 radical (unpaired) electrons. The summed E-state index contributed by atoms with van der Waals surface area (Å²) in [5.41, 5.74) is 0.896. The number of likely N-dealkylation sites (tertiary alicyclic amines) is 2. The molecule has 1 N–H and O–H groups in total. The minimum absolute atomic E-state index is 0.0608. The van der Waals surface area contributed by atoms with Gasteiger partial charge in [0.25, 0.3) is 0 Å². The van der Waals surface area contributed by atoms with E-state index in [4.69, 9.17) is 0 Å². The highest BCUT2D eigenvalue weighted by atomic mass is 16.2. The molecule has 0 bridgehead atoms. The van der Waals surface area contributed by atoms with Gasteiger partial charge in [-0.25, -0.2) is 0 Å². The predicted molar refractivity (Wildman–Crippen MR) is 112 cm³/mol. The highest BCUT2D eigenvalue weighted by molar-refractivity contribution is 5.79. The second kappa shape index (κ2) is 9.70. The van der Waals surface area contributed by atoms with Crippen LogP contribution in [0.25, 0.3) is 0 Å². The van der Waals surface area contributed by atoms with Crippen molar-refractivity contribution in [3.05, 3.63) is 30.1 Å². The zero-order valence-electron chi connectivity index (χ0n) is 17.4. The van der Waals surface area contributed by atoms with Gasteiger partial charge in [-0.05, 0) is 56.7 Å². The maximum absolute atomic E-state index is 12.7. The lowest BCUT2D eigenvalue weighted by Gasteiger charge is -2.42. The second-order valence-corrected chi connectivity index (χ2v) is 8.97. The summed E-state index contributed by atoms with van der Waals surface area (Å²) >= 11 is 0. The molecule has 3 fully saturated rings. The monoisotopic (exact) mass is 398 g/mol. The van der Waals surface area contributed by atoms with E-state index in [0.29, 0.717) is 18.5 Å². The van der Waals surface area contributed by atoms with Crippen molar-refractivity contribution in [2.75, 3.05) is 26.2 Å². The predicted octanol–water partition coefficient (Wildman–Crippen LogP) is 2.59. The summed E-state index contributed by atoms with van der Waals surface area (Å²) in [6, 6.07) is 6.28.